The van der Waals surface area contributed by atoms with E-state index in [0.717, 1.165) is 6.20 Å². The fourth-order valence-corrected chi connectivity index (χ4v) is 1.55. The Hall–Kier alpha value is -0.980. The number of pyridine rings is 1. The van der Waals surface area contributed by atoms with Crippen molar-refractivity contribution in [3.8, 4) is 5.75 Å². The van der Waals surface area contributed by atoms with Crippen molar-refractivity contribution < 1.29 is 17.9 Å². The molecule has 0 aromatic carbocycles. The Morgan fingerprint density at radius 1 is 1.53 bits per heavy atom. The van der Waals surface area contributed by atoms with Crippen LogP contribution in [0.2, 0.25) is 0 Å². The lowest BCUT2D eigenvalue weighted by Crippen LogP contribution is -2.18. The maximum atomic E-state index is 11.9. The first-order valence-corrected chi connectivity index (χ1v) is 5.03. The number of nitrogens with two attached hydrogens (primary N) is 1. The Morgan fingerprint density at radius 2 is 2.13 bits per heavy atom. The van der Waals surface area contributed by atoms with Gasteiger partial charge in [0.25, 0.3) is 0 Å². The van der Waals surface area contributed by atoms with Crippen LogP contribution in [0.25, 0.3) is 0 Å². The molecule has 1 rings (SSSR count). The molecule has 15 heavy (non-hydrogen) atoms. The largest absolute Gasteiger partial charge is 0.573 e. The number of hydrogen-bond acceptors (Lipinski definition) is 3. The first-order chi connectivity index (χ1) is 6.85. The van der Waals surface area contributed by atoms with Crippen LogP contribution in [0.4, 0.5) is 18.9 Å². The normalized spacial score (nSPS) is 11.5. The average molecular weight is 285 g/mol. The Morgan fingerprint density at radius 3 is 2.60 bits per heavy atom. The standard InChI is InChI=1S/C8H8BrF3N2O/c1-4-5(2-9)14-3-6(7(4)13)15-8(10,11)12/h3H,2H2,1H3,(H2,13,14). The van der Waals surface area contributed by atoms with Gasteiger partial charge in [-0.05, 0) is 12.5 Å². The highest BCUT2D eigenvalue weighted by Gasteiger charge is 2.32. The fraction of sp³-hybridized carbons (Fsp3) is 0.375. The van der Waals surface area contributed by atoms with Gasteiger partial charge in [-0.15, -0.1) is 13.2 Å². The Kier molecular flexibility index (Phi) is 3.43. The van der Waals surface area contributed by atoms with Crippen molar-refractivity contribution in [2.75, 3.05) is 5.73 Å². The molecule has 0 amide bonds. The van der Waals surface area contributed by atoms with E-state index < -0.39 is 12.1 Å². The molecule has 0 radical (unpaired) electrons. The second-order valence-electron chi connectivity index (χ2n) is 2.79. The van der Waals surface area contributed by atoms with Gasteiger partial charge in [-0.3, -0.25) is 4.98 Å². The zero-order chi connectivity index (χ0) is 11.6. The maximum absolute atomic E-state index is 11.9. The van der Waals surface area contributed by atoms with Gasteiger partial charge in [-0.2, -0.15) is 0 Å². The van der Waals surface area contributed by atoms with Crippen LogP contribution < -0.4 is 10.5 Å². The summed E-state index contributed by atoms with van der Waals surface area (Å²) in [7, 11) is 0. The Labute approximate surface area is 92.6 Å². The Bertz CT molecular complexity index is 368. The van der Waals surface area contributed by atoms with Gasteiger partial charge in [0.2, 0.25) is 0 Å². The molecule has 0 fully saturated rings. The molecule has 1 heterocycles. The summed E-state index contributed by atoms with van der Waals surface area (Å²) in [5.74, 6) is -0.468. The molecular formula is C8H8BrF3N2O. The molecule has 0 saturated heterocycles. The minimum Gasteiger partial charge on any atom is -0.402 e. The number of ether oxygens (including phenoxy) is 1. The molecule has 3 nitrogen and oxygen atoms in total. The van der Waals surface area contributed by atoms with E-state index in [9.17, 15) is 13.2 Å². The topological polar surface area (TPSA) is 48.1 Å². The lowest BCUT2D eigenvalue weighted by molar-refractivity contribution is -0.274. The van der Waals surface area contributed by atoms with Crippen molar-refractivity contribution in [3.63, 3.8) is 0 Å². The van der Waals surface area contributed by atoms with E-state index in [1.54, 1.807) is 6.92 Å². The summed E-state index contributed by atoms with van der Waals surface area (Å²) >= 11 is 3.15. The SMILES string of the molecule is Cc1c(CBr)ncc(OC(F)(F)F)c1N. The first-order valence-electron chi connectivity index (χ1n) is 3.91. The van der Waals surface area contributed by atoms with Crippen LogP contribution in [0.3, 0.4) is 0 Å². The van der Waals surface area contributed by atoms with Crippen LogP contribution in [0, 0.1) is 6.92 Å². The highest BCUT2D eigenvalue weighted by molar-refractivity contribution is 9.08. The summed E-state index contributed by atoms with van der Waals surface area (Å²) in [5.41, 5.74) is 6.50. The number of alkyl halides is 4. The van der Waals surface area contributed by atoms with Crippen LogP contribution >= 0.6 is 15.9 Å². The van der Waals surface area contributed by atoms with Gasteiger partial charge < -0.3 is 10.5 Å². The monoisotopic (exact) mass is 284 g/mol. The lowest BCUT2D eigenvalue weighted by Gasteiger charge is -2.13. The number of anilines is 1. The predicted octanol–water partition coefficient (Wildman–Crippen LogP) is 2.77. The molecule has 0 spiro atoms. The average Bonchev–Trinajstić information content (AvgIpc) is 2.11. The maximum Gasteiger partial charge on any atom is 0.573 e. The van der Waals surface area contributed by atoms with Gasteiger partial charge in [-0.1, -0.05) is 15.9 Å². The van der Waals surface area contributed by atoms with Crippen molar-refractivity contribution in [1.29, 1.82) is 0 Å². The van der Waals surface area contributed by atoms with Crippen LogP contribution in [-0.4, -0.2) is 11.3 Å². The van der Waals surface area contributed by atoms with Gasteiger partial charge in [0.05, 0.1) is 17.6 Å². The summed E-state index contributed by atoms with van der Waals surface area (Å²) in [6.07, 6.45) is -3.79. The minimum absolute atomic E-state index is 0.0447. The molecule has 0 aliphatic heterocycles. The molecular weight excluding hydrogens is 277 g/mol. The van der Waals surface area contributed by atoms with E-state index in [1.165, 1.54) is 0 Å². The third-order valence-corrected chi connectivity index (χ3v) is 2.32. The molecule has 0 bridgehead atoms. The van der Waals surface area contributed by atoms with Crippen LogP contribution in [-0.2, 0) is 5.33 Å². The van der Waals surface area contributed by atoms with E-state index in [-0.39, 0.29) is 5.69 Å². The van der Waals surface area contributed by atoms with Crippen molar-refractivity contribution in [2.24, 2.45) is 0 Å². The smallest absolute Gasteiger partial charge is 0.402 e. The first kappa shape index (κ1) is 12.1. The highest BCUT2D eigenvalue weighted by Crippen LogP contribution is 2.31. The van der Waals surface area contributed by atoms with E-state index in [2.05, 4.69) is 25.7 Å². The molecule has 0 saturated carbocycles. The van der Waals surface area contributed by atoms with Gasteiger partial charge in [0.15, 0.2) is 5.75 Å². The number of aromatic nitrogens is 1. The molecule has 0 aliphatic carbocycles. The molecule has 0 aliphatic rings. The van der Waals surface area contributed by atoms with Crippen molar-refractivity contribution >= 4 is 21.6 Å². The van der Waals surface area contributed by atoms with Crippen molar-refractivity contribution in [1.82, 2.24) is 4.98 Å². The van der Waals surface area contributed by atoms with Gasteiger partial charge in [-0.25, -0.2) is 0 Å². The molecule has 1 aromatic heterocycles. The minimum atomic E-state index is -4.75. The van der Waals surface area contributed by atoms with E-state index in [4.69, 9.17) is 5.73 Å². The second-order valence-corrected chi connectivity index (χ2v) is 3.35. The fourth-order valence-electron chi connectivity index (χ4n) is 0.984. The number of halogens is 4. The highest BCUT2D eigenvalue weighted by atomic mass is 79.9. The molecule has 0 unspecified atom stereocenters. The van der Waals surface area contributed by atoms with E-state index in [1.807, 2.05) is 0 Å². The number of nitrogens with zero attached hydrogens (tertiary/aromatic N) is 1. The lowest BCUT2D eigenvalue weighted by atomic mass is 10.2. The summed E-state index contributed by atoms with van der Waals surface area (Å²) < 4.78 is 39.5. The molecule has 1 aromatic rings. The molecule has 84 valence electrons. The second kappa shape index (κ2) is 4.26. The van der Waals surface area contributed by atoms with Crippen molar-refractivity contribution in [3.05, 3.63) is 17.5 Å². The number of hydrogen-bond donors (Lipinski definition) is 1. The third-order valence-electron chi connectivity index (χ3n) is 1.79. The van der Waals surface area contributed by atoms with E-state index in [0.29, 0.717) is 16.6 Å². The quantitative estimate of drug-likeness (QED) is 0.850. The zero-order valence-corrected chi connectivity index (χ0v) is 9.32. The zero-order valence-electron chi connectivity index (χ0n) is 7.73. The van der Waals surface area contributed by atoms with Gasteiger partial charge in [0.1, 0.15) is 0 Å². The molecule has 0 atom stereocenters. The van der Waals surface area contributed by atoms with Crippen molar-refractivity contribution in [2.45, 2.75) is 18.6 Å². The third kappa shape index (κ3) is 2.98. The summed E-state index contributed by atoms with van der Waals surface area (Å²) in [5, 5.41) is 0.426. The number of rotatable bonds is 2. The molecule has 2 N–H and O–H groups in total. The van der Waals surface area contributed by atoms with Crippen LogP contribution in [0.1, 0.15) is 11.3 Å². The summed E-state index contributed by atoms with van der Waals surface area (Å²) in [6.45, 7) is 1.59. The van der Waals surface area contributed by atoms with Gasteiger partial charge >= 0.3 is 6.36 Å². The van der Waals surface area contributed by atoms with Crippen LogP contribution in [0.15, 0.2) is 6.20 Å². The Balaban J connectivity index is 3.07. The van der Waals surface area contributed by atoms with E-state index >= 15 is 0 Å². The number of nitrogen functional groups attached to an aromatic ring is 1. The van der Waals surface area contributed by atoms with Crippen LogP contribution in [0.5, 0.6) is 5.75 Å². The summed E-state index contributed by atoms with van der Waals surface area (Å²) in [6, 6.07) is 0. The summed E-state index contributed by atoms with van der Waals surface area (Å²) in [4.78, 5) is 3.79. The van der Waals surface area contributed by atoms with Gasteiger partial charge in [0, 0.05) is 5.33 Å². The molecule has 7 heteroatoms. The predicted molar refractivity (Wildman–Crippen MR) is 52.7 cm³/mol.